The third kappa shape index (κ3) is 4.42. The second-order valence-corrected chi connectivity index (χ2v) is 8.10. The number of carboxylic acid groups (broad SMARTS) is 1. The van der Waals surface area contributed by atoms with Gasteiger partial charge in [0.1, 0.15) is 6.04 Å². The minimum atomic E-state index is -4.70. The summed E-state index contributed by atoms with van der Waals surface area (Å²) in [5.41, 5.74) is -2.43. The first-order valence-corrected chi connectivity index (χ1v) is 10.8. The molecule has 0 amide bonds. The molecule has 1 N–H and O–H groups in total. The molecule has 37 heavy (non-hydrogen) atoms. The Morgan fingerprint density at radius 1 is 1.08 bits per heavy atom. The highest BCUT2D eigenvalue weighted by Crippen LogP contribution is 2.31. The molecule has 2 heterocycles. The molecule has 0 saturated heterocycles. The number of alkyl halides is 3. The summed E-state index contributed by atoms with van der Waals surface area (Å²) in [7, 11) is 0. The molecule has 4 aromatic rings. The number of nitrogens with zero attached hydrogens (tertiary/aromatic N) is 5. The number of rotatable bonds is 5. The largest absolute Gasteiger partial charge is 0.480 e. The van der Waals surface area contributed by atoms with Crippen LogP contribution in [0.4, 0.5) is 13.2 Å². The Kier molecular flexibility index (Phi) is 6.31. The van der Waals surface area contributed by atoms with Gasteiger partial charge < -0.3 is 5.11 Å². The van der Waals surface area contributed by atoms with Crippen molar-refractivity contribution in [2.75, 3.05) is 0 Å². The van der Waals surface area contributed by atoms with Crippen molar-refractivity contribution < 1.29 is 23.1 Å². The first-order chi connectivity index (χ1) is 17.5. The second kappa shape index (κ2) is 9.27. The van der Waals surface area contributed by atoms with E-state index in [0.717, 1.165) is 29.7 Å². The Bertz CT molecular complexity index is 1670. The van der Waals surface area contributed by atoms with Crippen molar-refractivity contribution in [1.29, 1.82) is 5.26 Å². The molecular weight excluding hydrogens is 491 g/mol. The maximum Gasteiger partial charge on any atom is 0.416 e. The molecule has 1 atom stereocenters. The standard InChI is InChI=1S/C25H18F3N5O4/c1-14-21(20-10-11-30-33(20)18-8-6-16(13-29)7-9-18)22(34)32(15(2)23(35)36)24(37)31(14)19-5-3-4-17(12-19)25(26,27)28/h3-12,15H,1-2H3,(H,35,36). The predicted octanol–water partition coefficient (Wildman–Crippen LogP) is 3.70. The molecule has 0 aliphatic carbocycles. The summed E-state index contributed by atoms with van der Waals surface area (Å²) in [5, 5.41) is 22.8. The average molecular weight is 509 g/mol. The van der Waals surface area contributed by atoms with Gasteiger partial charge in [0.2, 0.25) is 0 Å². The molecule has 0 bridgehead atoms. The fourth-order valence-corrected chi connectivity index (χ4v) is 3.97. The Hall–Kier alpha value is -4.92. The highest BCUT2D eigenvalue weighted by molar-refractivity contribution is 5.72. The van der Waals surface area contributed by atoms with Crippen molar-refractivity contribution in [3.63, 3.8) is 0 Å². The number of aliphatic carboxylic acids is 1. The van der Waals surface area contributed by atoms with Crippen LogP contribution in [-0.2, 0) is 11.0 Å². The van der Waals surface area contributed by atoms with Crippen molar-refractivity contribution in [3.05, 3.63) is 98.5 Å². The minimum Gasteiger partial charge on any atom is -0.480 e. The highest BCUT2D eigenvalue weighted by atomic mass is 19.4. The minimum absolute atomic E-state index is 0.0152. The molecule has 0 radical (unpaired) electrons. The molecule has 2 aromatic carbocycles. The zero-order valence-corrected chi connectivity index (χ0v) is 19.4. The van der Waals surface area contributed by atoms with Gasteiger partial charge in [0.15, 0.2) is 0 Å². The van der Waals surface area contributed by atoms with E-state index in [2.05, 4.69) is 5.10 Å². The lowest BCUT2D eigenvalue weighted by Gasteiger charge is -2.20. The van der Waals surface area contributed by atoms with Gasteiger partial charge in [-0.05, 0) is 62.4 Å². The highest BCUT2D eigenvalue weighted by Gasteiger charge is 2.32. The van der Waals surface area contributed by atoms with E-state index in [1.54, 1.807) is 12.1 Å². The molecule has 0 spiro atoms. The summed E-state index contributed by atoms with van der Waals surface area (Å²) >= 11 is 0. The molecule has 1 unspecified atom stereocenters. The van der Waals surface area contributed by atoms with Gasteiger partial charge in [-0.1, -0.05) is 6.07 Å². The number of carboxylic acids is 1. The van der Waals surface area contributed by atoms with Crippen molar-refractivity contribution >= 4 is 5.97 Å². The van der Waals surface area contributed by atoms with E-state index in [0.29, 0.717) is 15.8 Å². The first kappa shape index (κ1) is 25.2. The molecule has 0 fully saturated rings. The fourth-order valence-electron chi connectivity index (χ4n) is 3.97. The van der Waals surface area contributed by atoms with E-state index in [4.69, 9.17) is 5.26 Å². The van der Waals surface area contributed by atoms with E-state index >= 15 is 0 Å². The number of hydrogen-bond donors (Lipinski definition) is 1. The molecule has 2 aromatic heterocycles. The molecule has 0 aliphatic heterocycles. The lowest BCUT2D eigenvalue weighted by atomic mass is 10.1. The number of benzene rings is 2. The lowest BCUT2D eigenvalue weighted by Crippen LogP contribution is -2.45. The molecule has 4 rings (SSSR count). The molecule has 0 aliphatic rings. The van der Waals surface area contributed by atoms with E-state index in [1.165, 1.54) is 42.1 Å². The fraction of sp³-hybridized carbons (Fsp3) is 0.160. The summed E-state index contributed by atoms with van der Waals surface area (Å²) in [6.07, 6.45) is -3.33. The van der Waals surface area contributed by atoms with Gasteiger partial charge in [0.05, 0.1) is 46.0 Å². The van der Waals surface area contributed by atoms with Crippen molar-refractivity contribution in [1.82, 2.24) is 18.9 Å². The van der Waals surface area contributed by atoms with E-state index < -0.39 is 35.0 Å². The van der Waals surface area contributed by atoms with Crippen LogP contribution in [0.3, 0.4) is 0 Å². The maximum absolute atomic E-state index is 13.6. The normalized spacial score (nSPS) is 12.2. The Morgan fingerprint density at radius 3 is 2.35 bits per heavy atom. The van der Waals surface area contributed by atoms with Gasteiger partial charge in [-0.15, -0.1) is 0 Å². The number of aromatic nitrogens is 4. The van der Waals surface area contributed by atoms with Gasteiger partial charge in [0.25, 0.3) is 5.56 Å². The van der Waals surface area contributed by atoms with Gasteiger partial charge in [0, 0.05) is 5.69 Å². The molecule has 188 valence electrons. The van der Waals surface area contributed by atoms with E-state index in [1.807, 2.05) is 6.07 Å². The van der Waals surface area contributed by atoms with Crippen molar-refractivity contribution in [2.24, 2.45) is 0 Å². The first-order valence-electron chi connectivity index (χ1n) is 10.8. The van der Waals surface area contributed by atoms with Gasteiger partial charge in [-0.25, -0.2) is 18.8 Å². The smallest absolute Gasteiger partial charge is 0.416 e. The number of halogens is 3. The zero-order chi connectivity index (χ0) is 27.1. The van der Waals surface area contributed by atoms with Crippen LogP contribution in [0.1, 0.15) is 29.8 Å². The number of nitriles is 1. The van der Waals surface area contributed by atoms with Crippen LogP contribution in [0.25, 0.3) is 22.6 Å². The molecule has 0 saturated carbocycles. The Balaban J connectivity index is 2.08. The third-order valence-electron chi connectivity index (χ3n) is 5.84. The van der Waals surface area contributed by atoms with Crippen LogP contribution in [-0.4, -0.2) is 30.0 Å². The van der Waals surface area contributed by atoms with Gasteiger partial charge in [-0.3, -0.25) is 9.36 Å². The van der Waals surface area contributed by atoms with Crippen LogP contribution < -0.4 is 11.2 Å². The number of hydrogen-bond acceptors (Lipinski definition) is 5. The van der Waals surface area contributed by atoms with Gasteiger partial charge in [-0.2, -0.15) is 23.5 Å². The van der Waals surface area contributed by atoms with Gasteiger partial charge >= 0.3 is 17.8 Å². The SMILES string of the molecule is Cc1c(-c2ccnn2-c2ccc(C#N)cc2)c(=O)n(C(C)C(=O)O)c(=O)n1-c1cccc(C(F)(F)F)c1. The monoisotopic (exact) mass is 509 g/mol. The second-order valence-electron chi connectivity index (χ2n) is 8.10. The molecule has 12 heteroatoms. The molecule has 9 nitrogen and oxygen atoms in total. The summed E-state index contributed by atoms with van der Waals surface area (Å²) in [4.78, 5) is 38.7. The van der Waals surface area contributed by atoms with Crippen molar-refractivity contribution in [3.8, 4) is 28.7 Å². The van der Waals surface area contributed by atoms with Crippen LogP contribution >= 0.6 is 0 Å². The predicted molar refractivity (Wildman–Crippen MR) is 126 cm³/mol. The van der Waals surface area contributed by atoms with E-state index in [9.17, 15) is 32.7 Å². The summed E-state index contributed by atoms with van der Waals surface area (Å²) in [6.45, 7) is 2.50. The maximum atomic E-state index is 13.6. The quantitative estimate of drug-likeness (QED) is 0.438. The number of carbonyl (C=O) groups is 1. The zero-order valence-electron chi connectivity index (χ0n) is 19.4. The Labute approximate surface area is 206 Å². The van der Waals surface area contributed by atoms with Crippen molar-refractivity contribution in [2.45, 2.75) is 26.1 Å². The molecular formula is C25H18F3N5O4. The Morgan fingerprint density at radius 2 is 1.76 bits per heavy atom. The van der Waals surface area contributed by atoms with E-state index in [-0.39, 0.29) is 22.6 Å². The van der Waals surface area contributed by atoms with Crippen LogP contribution in [0.5, 0.6) is 0 Å². The third-order valence-corrected chi connectivity index (χ3v) is 5.84. The lowest BCUT2D eigenvalue weighted by molar-refractivity contribution is -0.140. The summed E-state index contributed by atoms with van der Waals surface area (Å²) in [6, 6.07) is 12.0. The van der Waals surface area contributed by atoms with Crippen LogP contribution in [0, 0.1) is 18.3 Å². The summed E-state index contributed by atoms with van der Waals surface area (Å²) in [5.74, 6) is -1.48. The van der Waals surface area contributed by atoms with Crippen LogP contribution in [0.15, 0.2) is 70.4 Å². The average Bonchev–Trinajstić information content (AvgIpc) is 3.33. The summed E-state index contributed by atoms with van der Waals surface area (Å²) < 4.78 is 42.9. The topological polar surface area (TPSA) is 123 Å². The van der Waals surface area contributed by atoms with Crippen LogP contribution in [0.2, 0.25) is 0 Å².